The van der Waals surface area contributed by atoms with Gasteiger partial charge in [-0.15, -0.1) is 0 Å². The minimum absolute atomic E-state index is 0.0831. The molecule has 20 heavy (non-hydrogen) atoms. The van der Waals surface area contributed by atoms with E-state index in [1.165, 1.54) is 7.11 Å². The SMILES string of the molecule is COC(=O)C(c1ccccc1)(c1ccccc1)C(C)C. The third-order valence-corrected chi connectivity index (χ3v) is 3.83. The quantitative estimate of drug-likeness (QED) is 0.788. The Labute approximate surface area is 120 Å². The van der Waals surface area contributed by atoms with Gasteiger partial charge >= 0.3 is 5.97 Å². The highest BCUT2D eigenvalue weighted by atomic mass is 16.5. The maximum Gasteiger partial charge on any atom is 0.321 e. The van der Waals surface area contributed by atoms with Crippen LogP contribution in [0.5, 0.6) is 0 Å². The van der Waals surface area contributed by atoms with Crippen LogP contribution in [0.1, 0.15) is 25.0 Å². The third-order valence-electron chi connectivity index (χ3n) is 3.83. The molecule has 0 fully saturated rings. The average molecular weight is 268 g/mol. The molecule has 2 rings (SSSR count). The van der Waals surface area contributed by atoms with Crippen molar-refractivity contribution >= 4 is 5.97 Å². The van der Waals surface area contributed by atoms with Gasteiger partial charge in [0.25, 0.3) is 0 Å². The van der Waals surface area contributed by atoms with E-state index in [0.29, 0.717) is 0 Å². The van der Waals surface area contributed by atoms with Gasteiger partial charge in [-0.2, -0.15) is 0 Å². The standard InChI is InChI=1S/C18H20O2/c1-14(2)18(17(19)20-3,15-10-6-4-7-11-15)16-12-8-5-9-13-16/h4-14H,1-3H3. The summed E-state index contributed by atoms with van der Waals surface area (Å²) in [6.45, 7) is 4.10. The first-order chi connectivity index (χ1) is 9.64. The predicted octanol–water partition coefficient (Wildman–Crippen LogP) is 3.80. The summed E-state index contributed by atoms with van der Waals surface area (Å²) in [5.74, 6) is -0.135. The highest BCUT2D eigenvalue weighted by molar-refractivity contribution is 5.88. The molecule has 0 unspecified atom stereocenters. The molecule has 0 radical (unpaired) electrons. The van der Waals surface area contributed by atoms with Gasteiger partial charge in [0.2, 0.25) is 0 Å². The Hall–Kier alpha value is -2.09. The number of methoxy groups -OCH3 is 1. The normalized spacial score (nSPS) is 11.4. The largest absolute Gasteiger partial charge is 0.468 e. The zero-order valence-electron chi connectivity index (χ0n) is 12.2. The molecule has 0 amide bonds. The number of hydrogen-bond acceptors (Lipinski definition) is 2. The summed E-state index contributed by atoms with van der Waals surface area (Å²) in [7, 11) is 1.45. The lowest BCUT2D eigenvalue weighted by Crippen LogP contribution is -2.43. The summed E-state index contributed by atoms with van der Waals surface area (Å²) in [6, 6.07) is 19.7. The number of benzene rings is 2. The van der Waals surface area contributed by atoms with Gasteiger partial charge in [-0.25, -0.2) is 0 Å². The predicted molar refractivity (Wildman–Crippen MR) is 80.5 cm³/mol. The number of carbonyl (C=O) groups is 1. The van der Waals surface area contributed by atoms with Crippen molar-refractivity contribution in [1.29, 1.82) is 0 Å². The fourth-order valence-electron chi connectivity index (χ4n) is 2.87. The molecule has 2 aromatic carbocycles. The first kappa shape index (κ1) is 14.3. The van der Waals surface area contributed by atoms with Crippen molar-refractivity contribution in [3.63, 3.8) is 0 Å². The number of hydrogen-bond donors (Lipinski definition) is 0. The smallest absolute Gasteiger partial charge is 0.321 e. The van der Waals surface area contributed by atoms with E-state index in [0.717, 1.165) is 11.1 Å². The summed E-state index contributed by atoms with van der Waals surface area (Å²) >= 11 is 0. The maximum atomic E-state index is 12.7. The average Bonchev–Trinajstić information content (AvgIpc) is 2.49. The molecule has 0 bridgehead atoms. The molecule has 104 valence electrons. The van der Waals surface area contributed by atoms with E-state index < -0.39 is 5.41 Å². The van der Waals surface area contributed by atoms with E-state index in [2.05, 4.69) is 13.8 Å². The fourth-order valence-corrected chi connectivity index (χ4v) is 2.87. The van der Waals surface area contributed by atoms with Crippen LogP contribution in [0.3, 0.4) is 0 Å². The number of rotatable bonds is 4. The zero-order chi connectivity index (χ0) is 14.6. The summed E-state index contributed by atoms with van der Waals surface area (Å²) in [5, 5.41) is 0. The Morgan fingerprint density at radius 2 is 1.30 bits per heavy atom. The van der Waals surface area contributed by atoms with E-state index in [9.17, 15) is 4.79 Å². The van der Waals surface area contributed by atoms with Crippen LogP contribution < -0.4 is 0 Å². The summed E-state index contributed by atoms with van der Waals surface area (Å²) in [6.07, 6.45) is 0. The molecule has 0 heterocycles. The van der Waals surface area contributed by atoms with E-state index in [4.69, 9.17) is 4.74 Å². The first-order valence-electron chi connectivity index (χ1n) is 6.83. The Balaban J connectivity index is 2.73. The topological polar surface area (TPSA) is 26.3 Å². The van der Waals surface area contributed by atoms with Gasteiger partial charge in [0.05, 0.1) is 7.11 Å². The van der Waals surface area contributed by atoms with E-state index in [1.54, 1.807) is 0 Å². The van der Waals surface area contributed by atoms with Crippen LogP contribution in [0, 0.1) is 5.92 Å². The summed E-state index contributed by atoms with van der Waals surface area (Å²) in [5.41, 5.74) is 1.16. The van der Waals surface area contributed by atoms with E-state index in [1.807, 2.05) is 60.7 Å². The maximum absolute atomic E-state index is 12.7. The Morgan fingerprint density at radius 3 is 1.60 bits per heavy atom. The van der Waals surface area contributed by atoms with Gasteiger partial charge in [-0.05, 0) is 17.0 Å². The van der Waals surface area contributed by atoms with Crippen molar-refractivity contribution in [2.45, 2.75) is 19.3 Å². The lowest BCUT2D eigenvalue weighted by Gasteiger charge is -2.35. The number of ether oxygens (including phenoxy) is 1. The molecule has 2 nitrogen and oxygen atoms in total. The molecule has 0 N–H and O–H groups in total. The van der Waals surface area contributed by atoms with E-state index in [-0.39, 0.29) is 11.9 Å². The second kappa shape index (κ2) is 5.91. The molecule has 0 saturated heterocycles. The van der Waals surface area contributed by atoms with Crippen LogP contribution in [0.15, 0.2) is 60.7 Å². The van der Waals surface area contributed by atoms with Crippen LogP contribution in [0.25, 0.3) is 0 Å². The molecule has 0 aromatic heterocycles. The minimum Gasteiger partial charge on any atom is -0.468 e. The van der Waals surface area contributed by atoms with Gasteiger partial charge in [-0.3, -0.25) is 4.79 Å². The Morgan fingerprint density at radius 1 is 0.900 bits per heavy atom. The fraction of sp³-hybridized carbons (Fsp3) is 0.278. The van der Waals surface area contributed by atoms with Crippen LogP contribution in [0.4, 0.5) is 0 Å². The van der Waals surface area contributed by atoms with Crippen molar-refractivity contribution < 1.29 is 9.53 Å². The van der Waals surface area contributed by atoms with Crippen LogP contribution in [-0.2, 0) is 14.9 Å². The van der Waals surface area contributed by atoms with Crippen molar-refractivity contribution in [1.82, 2.24) is 0 Å². The third kappa shape index (κ3) is 2.22. The van der Waals surface area contributed by atoms with Crippen LogP contribution in [0.2, 0.25) is 0 Å². The number of carbonyl (C=O) groups excluding carboxylic acids is 1. The lowest BCUT2D eigenvalue weighted by molar-refractivity contribution is -0.147. The Bertz CT molecular complexity index is 519. The highest BCUT2D eigenvalue weighted by Gasteiger charge is 2.45. The molecule has 2 aromatic rings. The second-order valence-corrected chi connectivity index (χ2v) is 5.19. The van der Waals surface area contributed by atoms with Gasteiger partial charge in [0, 0.05) is 0 Å². The summed E-state index contributed by atoms with van der Waals surface area (Å²) in [4.78, 5) is 12.7. The molecule has 2 heteroatoms. The highest BCUT2D eigenvalue weighted by Crippen LogP contribution is 2.40. The molecule has 0 aliphatic carbocycles. The molecule has 0 saturated carbocycles. The molecule has 0 atom stereocenters. The van der Waals surface area contributed by atoms with E-state index >= 15 is 0 Å². The lowest BCUT2D eigenvalue weighted by atomic mass is 9.67. The van der Waals surface area contributed by atoms with Crippen molar-refractivity contribution in [3.05, 3.63) is 71.8 Å². The van der Waals surface area contributed by atoms with Crippen molar-refractivity contribution in [2.24, 2.45) is 5.92 Å². The molecule has 0 spiro atoms. The van der Waals surface area contributed by atoms with Crippen molar-refractivity contribution in [3.8, 4) is 0 Å². The van der Waals surface area contributed by atoms with Crippen molar-refractivity contribution in [2.75, 3.05) is 7.11 Å². The molecule has 0 aliphatic rings. The van der Waals surface area contributed by atoms with Gasteiger partial charge in [-0.1, -0.05) is 74.5 Å². The second-order valence-electron chi connectivity index (χ2n) is 5.19. The minimum atomic E-state index is -0.767. The Kier molecular flexibility index (Phi) is 4.23. The molecule has 0 aliphatic heterocycles. The van der Waals surface area contributed by atoms with Gasteiger partial charge in [0.15, 0.2) is 0 Å². The zero-order valence-corrected chi connectivity index (χ0v) is 12.2. The summed E-state index contributed by atoms with van der Waals surface area (Å²) < 4.78 is 5.15. The number of esters is 1. The first-order valence-corrected chi connectivity index (χ1v) is 6.83. The molecular weight excluding hydrogens is 248 g/mol. The van der Waals surface area contributed by atoms with Crippen LogP contribution in [-0.4, -0.2) is 13.1 Å². The molecular formula is C18H20O2. The van der Waals surface area contributed by atoms with Gasteiger partial charge < -0.3 is 4.74 Å². The van der Waals surface area contributed by atoms with Crippen LogP contribution >= 0.6 is 0 Å². The van der Waals surface area contributed by atoms with Gasteiger partial charge in [0.1, 0.15) is 5.41 Å². The monoisotopic (exact) mass is 268 g/mol.